The monoisotopic (exact) mass is 421 g/mol. The lowest BCUT2D eigenvalue weighted by Gasteiger charge is -2.15. The smallest absolute Gasteiger partial charge is 0.263 e. The number of nitrogens with zero attached hydrogens (tertiary/aromatic N) is 2. The van der Waals surface area contributed by atoms with Crippen LogP contribution in [0, 0.1) is 19.7 Å². The minimum absolute atomic E-state index is 0.266. The summed E-state index contributed by atoms with van der Waals surface area (Å²) >= 11 is 1.41. The molecule has 2 heterocycles. The van der Waals surface area contributed by atoms with Crippen molar-refractivity contribution in [2.75, 3.05) is 5.32 Å². The Balaban J connectivity index is 1.73. The van der Waals surface area contributed by atoms with Gasteiger partial charge in [-0.15, -0.1) is 11.3 Å². The Morgan fingerprint density at radius 3 is 2.57 bits per heavy atom. The molecule has 4 rings (SSSR count). The molecule has 152 valence electrons. The van der Waals surface area contributed by atoms with Crippen LogP contribution in [0.4, 0.5) is 10.1 Å². The van der Waals surface area contributed by atoms with Crippen LogP contribution < -0.4 is 10.9 Å². The molecule has 2 aromatic carbocycles. The molecule has 0 aliphatic heterocycles. The summed E-state index contributed by atoms with van der Waals surface area (Å²) in [5.41, 5.74) is 4.22. The van der Waals surface area contributed by atoms with Gasteiger partial charge >= 0.3 is 0 Å². The predicted octanol–water partition coefficient (Wildman–Crippen LogP) is 5.08. The van der Waals surface area contributed by atoms with Gasteiger partial charge in [-0.25, -0.2) is 9.37 Å². The zero-order valence-electron chi connectivity index (χ0n) is 16.8. The third kappa shape index (κ3) is 3.64. The first-order valence-corrected chi connectivity index (χ1v) is 10.4. The number of hydrogen-bond acceptors (Lipinski definition) is 4. The van der Waals surface area contributed by atoms with E-state index in [2.05, 4.69) is 16.4 Å². The van der Waals surface area contributed by atoms with E-state index in [1.54, 1.807) is 6.92 Å². The molecule has 30 heavy (non-hydrogen) atoms. The molecular weight excluding hydrogens is 401 g/mol. The number of nitrogens with one attached hydrogen (secondary N) is 1. The number of benzene rings is 2. The molecule has 0 spiro atoms. The number of fused-ring (bicyclic) bond motifs is 1. The quantitative estimate of drug-likeness (QED) is 0.500. The number of aromatic nitrogens is 2. The summed E-state index contributed by atoms with van der Waals surface area (Å²) in [7, 11) is 0. The number of carbonyl (C=O) groups is 1. The van der Waals surface area contributed by atoms with Crippen molar-refractivity contribution in [3.63, 3.8) is 0 Å². The molecule has 4 aromatic rings. The maximum Gasteiger partial charge on any atom is 0.263 e. The molecule has 5 nitrogen and oxygen atoms in total. The normalized spacial score (nSPS) is 12.1. The molecule has 0 aliphatic carbocycles. The standard InChI is InChI=1S/C23H20FN3O2S/c1-13-4-9-18(14(2)10-13)19-11-30-22-20(19)23(29)27(12-25-22)15(3)21(28)26-17-7-5-16(24)6-8-17/h4-12,15H,1-3H3,(H,26,28). The molecule has 0 bridgehead atoms. The van der Waals surface area contributed by atoms with E-state index in [-0.39, 0.29) is 17.3 Å². The topological polar surface area (TPSA) is 64.0 Å². The molecule has 1 atom stereocenters. The van der Waals surface area contributed by atoms with Crippen LogP contribution in [-0.4, -0.2) is 15.5 Å². The number of amides is 1. The summed E-state index contributed by atoms with van der Waals surface area (Å²) < 4.78 is 14.4. The maximum atomic E-state index is 13.3. The minimum Gasteiger partial charge on any atom is -0.324 e. The Morgan fingerprint density at radius 1 is 1.13 bits per heavy atom. The number of hydrogen-bond donors (Lipinski definition) is 1. The van der Waals surface area contributed by atoms with Crippen LogP contribution in [0.3, 0.4) is 0 Å². The number of anilines is 1. The van der Waals surface area contributed by atoms with Crippen LogP contribution in [0.2, 0.25) is 0 Å². The van der Waals surface area contributed by atoms with Crippen molar-refractivity contribution in [1.82, 2.24) is 9.55 Å². The van der Waals surface area contributed by atoms with E-state index in [9.17, 15) is 14.0 Å². The molecule has 1 N–H and O–H groups in total. The van der Waals surface area contributed by atoms with Gasteiger partial charge < -0.3 is 5.32 Å². The lowest BCUT2D eigenvalue weighted by atomic mass is 9.99. The van der Waals surface area contributed by atoms with E-state index in [0.29, 0.717) is 15.9 Å². The second-order valence-corrected chi connectivity index (χ2v) is 8.14. The van der Waals surface area contributed by atoms with Gasteiger partial charge in [-0.3, -0.25) is 14.2 Å². The van der Waals surface area contributed by atoms with Crippen molar-refractivity contribution >= 4 is 33.1 Å². The molecule has 0 saturated carbocycles. The highest BCUT2D eigenvalue weighted by molar-refractivity contribution is 7.17. The van der Waals surface area contributed by atoms with E-state index in [0.717, 1.165) is 22.3 Å². The van der Waals surface area contributed by atoms with E-state index in [4.69, 9.17) is 0 Å². The summed E-state index contributed by atoms with van der Waals surface area (Å²) in [6.07, 6.45) is 1.40. The van der Waals surface area contributed by atoms with Gasteiger partial charge in [0, 0.05) is 16.6 Å². The fourth-order valence-electron chi connectivity index (χ4n) is 3.44. The zero-order valence-corrected chi connectivity index (χ0v) is 17.6. The average Bonchev–Trinajstić information content (AvgIpc) is 3.14. The highest BCUT2D eigenvalue weighted by Crippen LogP contribution is 2.33. The molecule has 7 heteroatoms. The van der Waals surface area contributed by atoms with Crippen LogP contribution >= 0.6 is 11.3 Å². The van der Waals surface area contributed by atoms with Gasteiger partial charge in [0.05, 0.1) is 11.7 Å². The van der Waals surface area contributed by atoms with Gasteiger partial charge in [0.25, 0.3) is 5.56 Å². The fraction of sp³-hybridized carbons (Fsp3) is 0.174. The summed E-state index contributed by atoms with van der Waals surface area (Å²) in [6.45, 7) is 5.68. The van der Waals surface area contributed by atoms with Crippen LogP contribution in [-0.2, 0) is 4.79 Å². The molecule has 0 aliphatic rings. The third-order valence-electron chi connectivity index (χ3n) is 5.10. The van der Waals surface area contributed by atoms with Crippen LogP contribution in [0.15, 0.2) is 59.0 Å². The van der Waals surface area contributed by atoms with Crippen LogP contribution in [0.5, 0.6) is 0 Å². The molecule has 2 aromatic heterocycles. The number of thiophene rings is 1. The van der Waals surface area contributed by atoms with Crippen molar-refractivity contribution in [1.29, 1.82) is 0 Å². The summed E-state index contributed by atoms with van der Waals surface area (Å²) in [5, 5.41) is 5.15. The highest BCUT2D eigenvalue weighted by Gasteiger charge is 2.21. The fourth-order valence-corrected chi connectivity index (χ4v) is 4.34. The van der Waals surface area contributed by atoms with Gasteiger partial charge in [0.1, 0.15) is 16.7 Å². The predicted molar refractivity (Wildman–Crippen MR) is 119 cm³/mol. The van der Waals surface area contributed by atoms with Crippen LogP contribution in [0.1, 0.15) is 24.1 Å². The van der Waals surface area contributed by atoms with Crippen molar-refractivity contribution in [2.24, 2.45) is 0 Å². The van der Waals surface area contributed by atoms with E-state index in [1.807, 2.05) is 31.4 Å². The second-order valence-electron chi connectivity index (χ2n) is 7.28. The number of rotatable bonds is 4. The average molecular weight is 421 g/mol. The summed E-state index contributed by atoms with van der Waals surface area (Å²) in [6, 6.07) is 10.8. The highest BCUT2D eigenvalue weighted by atomic mass is 32.1. The molecule has 0 radical (unpaired) electrons. The van der Waals surface area contributed by atoms with Gasteiger partial charge in [-0.05, 0) is 56.2 Å². The summed E-state index contributed by atoms with van der Waals surface area (Å²) in [5.74, 6) is -0.767. The minimum atomic E-state index is -0.786. The number of carbonyl (C=O) groups excluding carboxylic acids is 1. The first-order valence-electron chi connectivity index (χ1n) is 9.47. The first-order chi connectivity index (χ1) is 14.3. The molecular formula is C23H20FN3O2S. The molecule has 0 saturated heterocycles. The maximum absolute atomic E-state index is 13.3. The largest absolute Gasteiger partial charge is 0.324 e. The SMILES string of the molecule is Cc1ccc(-c2csc3ncn(C(C)C(=O)Nc4ccc(F)cc4)c(=O)c23)c(C)c1. The lowest BCUT2D eigenvalue weighted by Crippen LogP contribution is -2.31. The number of aryl methyl sites for hydroxylation is 2. The third-order valence-corrected chi connectivity index (χ3v) is 5.99. The van der Waals surface area contributed by atoms with Crippen molar-refractivity contribution in [3.05, 3.63) is 81.5 Å². The first kappa shape index (κ1) is 20.0. The Bertz CT molecular complexity index is 1310. The Labute approximate surface area is 176 Å². The Morgan fingerprint density at radius 2 is 1.87 bits per heavy atom. The van der Waals surface area contributed by atoms with Crippen LogP contribution in [0.25, 0.3) is 21.3 Å². The lowest BCUT2D eigenvalue weighted by molar-refractivity contribution is -0.118. The molecule has 1 amide bonds. The van der Waals surface area contributed by atoms with Crippen molar-refractivity contribution < 1.29 is 9.18 Å². The van der Waals surface area contributed by atoms with Gasteiger partial charge in [-0.2, -0.15) is 0 Å². The Hall–Kier alpha value is -3.32. The summed E-state index contributed by atoms with van der Waals surface area (Å²) in [4.78, 5) is 31.0. The van der Waals surface area contributed by atoms with Gasteiger partial charge in [0.15, 0.2) is 0 Å². The second kappa shape index (κ2) is 7.84. The van der Waals surface area contributed by atoms with E-state index >= 15 is 0 Å². The van der Waals surface area contributed by atoms with E-state index < -0.39 is 6.04 Å². The zero-order chi connectivity index (χ0) is 21.4. The number of halogens is 1. The molecule has 0 fully saturated rings. The van der Waals surface area contributed by atoms with Gasteiger partial charge in [0.2, 0.25) is 5.91 Å². The van der Waals surface area contributed by atoms with Gasteiger partial charge in [-0.1, -0.05) is 23.8 Å². The van der Waals surface area contributed by atoms with Crippen molar-refractivity contribution in [2.45, 2.75) is 26.8 Å². The van der Waals surface area contributed by atoms with Crippen molar-refractivity contribution in [3.8, 4) is 11.1 Å². The van der Waals surface area contributed by atoms with E-state index in [1.165, 1.54) is 46.5 Å². The molecule has 1 unspecified atom stereocenters. The Kier molecular flexibility index (Phi) is 5.22.